The Morgan fingerprint density at radius 3 is 2.12 bits per heavy atom. The van der Waals surface area contributed by atoms with Gasteiger partial charge in [-0.2, -0.15) is 0 Å². The van der Waals surface area contributed by atoms with E-state index in [1.54, 1.807) is 6.92 Å². The van der Waals surface area contributed by atoms with Crippen LogP contribution in [0.2, 0.25) is 0 Å². The van der Waals surface area contributed by atoms with Crippen molar-refractivity contribution in [2.45, 2.75) is 32.2 Å². The van der Waals surface area contributed by atoms with Crippen LogP contribution in [-0.4, -0.2) is 53.8 Å². The second kappa shape index (κ2) is 5.04. The molecule has 0 spiro atoms. The number of nitrogens with two attached hydrogens (primary N) is 1. The lowest BCUT2D eigenvalue weighted by Crippen LogP contribution is -2.43. The Morgan fingerprint density at radius 2 is 1.65 bits per heavy atom. The Balaban J connectivity index is 1.84. The molecule has 2 N–H and O–H groups in total. The van der Waals surface area contributed by atoms with Crippen LogP contribution in [0, 0.1) is 5.92 Å². The summed E-state index contributed by atoms with van der Waals surface area (Å²) in [5.74, 6) is 0.441. The van der Waals surface area contributed by atoms with E-state index in [1.807, 2.05) is 9.80 Å². The van der Waals surface area contributed by atoms with Gasteiger partial charge in [-0.25, -0.2) is 0 Å². The van der Waals surface area contributed by atoms with Crippen LogP contribution in [0.3, 0.4) is 0 Å². The smallest absolute Gasteiger partial charge is 0.225 e. The molecule has 2 fully saturated rings. The van der Waals surface area contributed by atoms with Crippen LogP contribution in [0.1, 0.15) is 26.2 Å². The fourth-order valence-electron chi connectivity index (χ4n) is 2.69. The highest BCUT2D eigenvalue weighted by Crippen LogP contribution is 2.21. The monoisotopic (exact) mass is 239 g/mol. The molecule has 2 rings (SSSR count). The number of hydrogen-bond donors (Lipinski definition) is 1. The summed E-state index contributed by atoms with van der Waals surface area (Å²) in [5.41, 5.74) is 5.81. The Hall–Kier alpha value is -1.10. The zero-order chi connectivity index (χ0) is 12.4. The van der Waals surface area contributed by atoms with Crippen LogP contribution in [0.5, 0.6) is 0 Å². The minimum absolute atomic E-state index is 0.0934. The van der Waals surface area contributed by atoms with Gasteiger partial charge in [0.15, 0.2) is 0 Å². The fourth-order valence-corrected chi connectivity index (χ4v) is 2.69. The number of likely N-dealkylation sites (tertiary alicyclic amines) is 2. The summed E-state index contributed by atoms with van der Waals surface area (Å²) in [6.07, 6.45) is 2.51. The molecule has 0 saturated carbocycles. The summed E-state index contributed by atoms with van der Waals surface area (Å²) in [6, 6.07) is 0.149. The number of nitrogens with zero attached hydrogens (tertiary/aromatic N) is 2. The number of amides is 2. The third-order valence-corrected chi connectivity index (χ3v) is 3.83. The maximum Gasteiger partial charge on any atom is 0.225 e. The predicted molar refractivity (Wildman–Crippen MR) is 64.2 cm³/mol. The highest BCUT2D eigenvalue weighted by Gasteiger charge is 2.32. The standard InChI is InChI=1S/C12H21N3O2/c1-9(16)14-5-2-10(3-6-14)12(17)15-7-4-11(13)8-15/h10-11H,2-8,13H2,1H3/t11-/m0/s1. The topological polar surface area (TPSA) is 66.6 Å². The van der Waals surface area contributed by atoms with Crippen molar-refractivity contribution < 1.29 is 9.59 Å². The number of hydrogen-bond acceptors (Lipinski definition) is 3. The first kappa shape index (κ1) is 12.4. The van der Waals surface area contributed by atoms with Gasteiger partial charge in [0.05, 0.1) is 0 Å². The first-order valence-corrected chi connectivity index (χ1v) is 6.38. The van der Waals surface area contributed by atoms with Crippen LogP contribution < -0.4 is 5.73 Å². The molecule has 1 atom stereocenters. The Bertz CT molecular complexity index is 311. The van der Waals surface area contributed by atoms with Gasteiger partial charge in [0.25, 0.3) is 0 Å². The largest absolute Gasteiger partial charge is 0.343 e. The van der Waals surface area contributed by atoms with E-state index in [0.29, 0.717) is 19.6 Å². The molecule has 2 heterocycles. The van der Waals surface area contributed by atoms with Crippen molar-refractivity contribution in [2.75, 3.05) is 26.2 Å². The second-order valence-electron chi connectivity index (χ2n) is 5.11. The Morgan fingerprint density at radius 1 is 1.06 bits per heavy atom. The molecule has 5 heteroatoms. The number of piperidine rings is 1. The normalized spacial score (nSPS) is 26.4. The molecule has 0 radical (unpaired) electrons. The van der Waals surface area contributed by atoms with Gasteiger partial charge in [0.2, 0.25) is 11.8 Å². The molecule has 2 aliphatic heterocycles. The molecule has 2 aliphatic rings. The maximum absolute atomic E-state index is 12.2. The first-order chi connectivity index (χ1) is 8.08. The minimum Gasteiger partial charge on any atom is -0.343 e. The molecule has 96 valence electrons. The highest BCUT2D eigenvalue weighted by atomic mass is 16.2. The van der Waals surface area contributed by atoms with E-state index >= 15 is 0 Å². The van der Waals surface area contributed by atoms with Crippen molar-refractivity contribution >= 4 is 11.8 Å². The molecule has 0 aromatic carbocycles. The number of rotatable bonds is 1. The van der Waals surface area contributed by atoms with E-state index in [-0.39, 0.29) is 23.8 Å². The molecule has 17 heavy (non-hydrogen) atoms. The summed E-state index contributed by atoms with van der Waals surface area (Å²) in [5, 5.41) is 0. The van der Waals surface area contributed by atoms with Gasteiger partial charge >= 0.3 is 0 Å². The van der Waals surface area contributed by atoms with E-state index < -0.39 is 0 Å². The quantitative estimate of drug-likeness (QED) is 0.689. The average molecular weight is 239 g/mol. The lowest BCUT2D eigenvalue weighted by atomic mass is 9.95. The van der Waals surface area contributed by atoms with Gasteiger partial charge in [-0.05, 0) is 19.3 Å². The molecular weight excluding hydrogens is 218 g/mol. The lowest BCUT2D eigenvalue weighted by Gasteiger charge is -2.32. The van der Waals surface area contributed by atoms with Gasteiger partial charge in [0, 0.05) is 45.1 Å². The molecule has 0 unspecified atom stereocenters. The molecule has 0 aliphatic carbocycles. The second-order valence-corrected chi connectivity index (χ2v) is 5.11. The molecule has 0 bridgehead atoms. The molecule has 0 aromatic heterocycles. The van der Waals surface area contributed by atoms with Gasteiger partial charge in [-0.1, -0.05) is 0 Å². The van der Waals surface area contributed by atoms with Crippen LogP contribution in [0.25, 0.3) is 0 Å². The van der Waals surface area contributed by atoms with E-state index in [4.69, 9.17) is 5.73 Å². The molecular formula is C12H21N3O2. The summed E-state index contributed by atoms with van der Waals surface area (Å²) in [4.78, 5) is 27.1. The lowest BCUT2D eigenvalue weighted by molar-refractivity contribution is -0.139. The van der Waals surface area contributed by atoms with Crippen LogP contribution in [0.15, 0.2) is 0 Å². The number of carbonyl (C=O) groups excluding carboxylic acids is 2. The molecule has 5 nitrogen and oxygen atoms in total. The Labute approximate surface area is 102 Å². The van der Waals surface area contributed by atoms with E-state index in [9.17, 15) is 9.59 Å². The van der Waals surface area contributed by atoms with Crippen molar-refractivity contribution in [1.29, 1.82) is 0 Å². The zero-order valence-electron chi connectivity index (χ0n) is 10.4. The minimum atomic E-state index is 0.0934. The SMILES string of the molecule is CC(=O)N1CCC(C(=O)N2CC[C@H](N)C2)CC1. The van der Waals surface area contributed by atoms with Crippen LogP contribution >= 0.6 is 0 Å². The Kier molecular flexibility index (Phi) is 3.66. The number of carbonyl (C=O) groups is 2. The summed E-state index contributed by atoms with van der Waals surface area (Å²) in [6.45, 7) is 4.51. The van der Waals surface area contributed by atoms with Crippen molar-refractivity contribution in [3.63, 3.8) is 0 Å². The van der Waals surface area contributed by atoms with E-state index in [0.717, 1.165) is 25.8 Å². The van der Waals surface area contributed by atoms with Crippen molar-refractivity contribution in [1.82, 2.24) is 9.80 Å². The fraction of sp³-hybridized carbons (Fsp3) is 0.833. The van der Waals surface area contributed by atoms with Crippen molar-refractivity contribution in [3.8, 4) is 0 Å². The predicted octanol–water partition coefficient (Wildman–Crippen LogP) is -0.195. The van der Waals surface area contributed by atoms with Gasteiger partial charge in [-0.3, -0.25) is 9.59 Å². The van der Waals surface area contributed by atoms with Gasteiger partial charge < -0.3 is 15.5 Å². The van der Waals surface area contributed by atoms with Crippen LogP contribution in [-0.2, 0) is 9.59 Å². The van der Waals surface area contributed by atoms with Gasteiger partial charge in [0.1, 0.15) is 0 Å². The van der Waals surface area contributed by atoms with E-state index in [2.05, 4.69) is 0 Å². The molecule has 2 amide bonds. The third kappa shape index (κ3) is 2.77. The van der Waals surface area contributed by atoms with Crippen LogP contribution in [0.4, 0.5) is 0 Å². The summed E-state index contributed by atoms with van der Waals surface area (Å²) in [7, 11) is 0. The van der Waals surface area contributed by atoms with E-state index in [1.165, 1.54) is 0 Å². The zero-order valence-corrected chi connectivity index (χ0v) is 10.4. The summed E-state index contributed by atoms with van der Waals surface area (Å²) < 4.78 is 0. The average Bonchev–Trinajstić information content (AvgIpc) is 2.75. The van der Waals surface area contributed by atoms with Gasteiger partial charge in [-0.15, -0.1) is 0 Å². The maximum atomic E-state index is 12.2. The van der Waals surface area contributed by atoms with Crippen molar-refractivity contribution in [2.24, 2.45) is 11.7 Å². The third-order valence-electron chi connectivity index (χ3n) is 3.83. The molecule has 0 aromatic rings. The first-order valence-electron chi connectivity index (χ1n) is 6.38. The molecule has 2 saturated heterocycles. The van der Waals surface area contributed by atoms with Crippen molar-refractivity contribution in [3.05, 3.63) is 0 Å². The summed E-state index contributed by atoms with van der Waals surface area (Å²) >= 11 is 0. The highest BCUT2D eigenvalue weighted by molar-refractivity contribution is 5.80.